The number of nitrogens with zero attached hydrogens (tertiary/aromatic N) is 1. The van der Waals surface area contributed by atoms with Crippen LogP contribution in [0.2, 0.25) is 5.02 Å². The average molecular weight is 394 g/mol. The fraction of sp³-hybridized carbons (Fsp3) is 0.526. The number of urea groups is 1. The first kappa shape index (κ1) is 19.5. The lowest BCUT2D eigenvalue weighted by atomic mass is 9.90. The van der Waals surface area contributed by atoms with E-state index in [2.05, 4.69) is 10.6 Å². The molecule has 2 aliphatic rings. The van der Waals surface area contributed by atoms with Crippen molar-refractivity contribution in [3.63, 3.8) is 0 Å². The number of anilines is 1. The number of nitrogens with one attached hydrogen (secondary N) is 2. The molecule has 1 heterocycles. The highest BCUT2D eigenvalue weighted by molar-refractivity contribution is 6.31. The molecule has 27 heavy (non-hydrogen) atoms. The van der Waals surface area contributed by atoms with E-state index in [1.807, 2.05) is 6.92 Å². The first-order valence-electron chi connectivity index (χ1n) is 9.14. The van der Waals surface area contributed by atoms with E-state index in [1.165, 1.54) is 7.11 Å². The predicted octanol–water partition coefficient (Wildman–Crippen LogP) is 3.24. The number of carbonyl (C=O) groups excluding carboxylic acids is 3. The Morgan fingerprint density at radius 2 is 1.93 bits per heavy atom. The van der Waals surface area contributed by atoms with Crippen molar-refractivity contribution in [2.45, 2.75) is 51.0 Å². The van der Waals surface area contributed by atoms with Gasteiger partial charge in [-0.1, -0.05) is 37.3 Å². The Morgan fingerprint density at radius 1 is 1.26 bits per heavy atom. The van der Waals surface area contributed by atoms with Gasteiger partial charge in [0.05, 0.1) is 12.8 Å². The maximum atomic E-state index is 12.9. The Morgan fingerprint density at radius 3 is 2.56 bits per heavy atom. The number of ether oxygens (including phenoxy) is 1. The quantitative estimate of drug-likeness (QED) is 0.768. The van der Waals surface area contributed by atoms with Gasteiger partial charge in [-0.15, -0.1) is 0 Å². The second-order valence-electron chi connectivity index (χ2n) is 7.17. The molecule has 146 valence electrons. The minimum Gasteiger partial charge on any atom is -0.495 e. The van der Waals surface area contributed by atoms with Crippen LogP contribution in [0.15, 0.2) is 12.1 Å². The number of aryl methyl sites for hydroxylation is 1. The molecule has 1 saturated heterocycles. The molecule has 4 amide bonds. The molecule has 0 unspecified atom stereocenters. The second kappa shape index (κ2) is 7.76. The summed E-state index contributed by atoms with van der Waals surface area (Å²) in [6, 6.07) is 2.80. The lowest BCUT2D eigenvalue weighted by molar-refractivity contribution is -0.134. The Hall–Kier alpha value is -2.28. The van der Waals surface area contributed by atoms with Crippen LogP contribution in [-0.2, 0) is 9.59 Å². The topological polar surface area (TPSA) is 87.7 Å². The summed E-state index contributed by atoms with van der Waals surface area (Å²) in [5.41, 5.74) is 0.378. The first-order valence-corrected chi connectivity index (χ1v) is 9.52. The third-order valence-corrected chi connectivity index (χ3v) is 5.67. The van der Waals surface area contributed by atoms with E-state index in [1.54, 1.807) is 12.1 Å². The number of halogens is 1. The van der Waals surface area contributed by atoms with Gasteiger partial charge in [-0.3, -0.25) is 14.5 Å². The summed E-state index contributed by atoms with van der Waals surface area (Å²) in [6.07, 6.45) is 5.16. The number of hydrogen-bond donors (Lipinski definition) is 2. The summed E-state index contributed by atoms with van der Waals surface area (Å²) in [5, 5.41) is 6.06. The highest BCUT2D eigenvalue weighted by Crippen LogP contribution is 2.33. The van der Waals surface area contributed by atoms with Crippen LogP contribution in [-0.4, -0.2) is 41.9 Å². The average Bonchev–Trinajstić information content (AvgIpc) is 2.80. The summed E-state index contributed by atoms with van der Waals surface area (Å²) in [4.78, 5) is 38.7. The summed E-state index contributed by atoms with van der Waals surface area (Å²) in [5.74, 6) is -0.357. The largest absolute Gasteiger partial charge is 0.495 e. The van der Waals surface area contributed by atoms with Crippen molar-refractivity contribution in [1.82, 2.24) is 10.2 Å². The van der Waals surface area contributed by atoms with Crippen LogP contribution in [0.3, 0.4) is 0 Å². The number of imide groups is 1. The third kappa shape index (κ3) is 3.88. The van der Waals surface area contributed by atoms with Crippen molar-refractivity contribution in [3.05, 3.63) is 22.7 Å². The Labute approximate surface area is 163 Å². The Balaban J connectivity index is 1.72. The molecule has 1 aliphatic heterocycles. The molecule has 1 aliphatic carbocycles. The van der Waals surface area contributed by atoms with Crippen molar-refractivity contribution in [3.8, 4) is 5.75 Å². The maximum Gasteiger partial charge on any atom is 0.325 e. The van der Waals surface area contributed by atoms with Gasteiger partial charge >= 0.3 is 6.03 Å². The normalized spacial score (nSPS) is 19.0. The van der Waals surface area contributed by atoms with Gasteiger partial charge < -0.3 is 15.4 Å². The maximum absolute atomic E-state index is 12.9. The number of carbonyl (C=O) groups is 3. The SMILES string of the molecule is COc1cc(Cl)c(C)cc1NC(=O)CN1C(=O)NC2(CCCCCC2)C1=O. The summed E-state index contributed by atoms with van der Waals surface area (Å²) in [7, 11) is 1.48. The molecule has 2 N–H and O–H groups in total. The van der Waals surface area contributed by atoms with Crippen LogP contribution in [0.1, 0.15) is 44.1 Å². The molecule has 2 fully saturated rings. The molecule has 1 spiro atoms. The number of benzene rings is 1. The molecule has 1 saturated carbocycles. The van der Waals surface area contributed by atoms with E-state index in [-0.39, 0.29) is 12.5 Å². The van der Waals surface area contributed by atoms with E-state index in [9.17, 15) is 14.4 Å². The number of rotatable bonds is 4. The molecule has 0 bridgehead atoms. The summed E-state index contributed by atoms with van der Waals surface area (Å²) < 4.78 is 5.24. The number of methoxy groups -OCH3 is 1. The zero-order chi connectivity index (χ0) is 19.6. The van der Waals surface area contributed by atoms with Crippen molar-refractivity contribution >= 4 is 35.1 Å². The zero-order valence-electron chi connectivity index (χ0n) is 15.6. The van der Waals surface area contributed by atoms with E-state index < -0.39 is 17.5 Å². The fourth-order valence-electron chi connectivity index (χ4n) is 3.75. The van der Waals surface area contributed by atoms with Gasteiger partial charge in [-0.25, -0.2) is 4.79 Å². The van der Waals surface area contributed by atoms with Gasteiger partial charge in [0, 0.05) is 11.1 Å². The van der Waals surface area contributed by atoms with E-state index in [4.69, 9.17) is 16.3 Å². The van der Waals surface area contributed by atoms with E-state index in [0.29, 0.717) is 29.3 Å². The summed E-state index contributed by atoms with van der Waals surface area (Å²) >= 11 is 6.07. The smallest absolute Gasteiger partial charge is 0.325 e. The summed E-state index contributed by atoms with van der Waals surface area (Å²) in [6.45, 7) is 1.47. The van der Waals surface area contributed by atoms with E-state index >= 15 is 0 Å². The third-order valence-electron chi connectivity index (χ3n) is 5.26. The predicted molar refractivity (Wildman–Crippen MR) is 102 cm³/mol. The first-order chi connectivity index (χ1) is 12.9. The van der Waals surface area contributed by atoms with Gasteiger partial charge in [0.15, 0.2) is 0 Å². The van der Waals surface area contributed by atoms with Crippen LogP contribution in [0.25, 0.3) is 0 Å². The fourth-order valence-corrected chi connectivity index (χ4v) is 3.91. The van der Waals surface area contributed by atoms with Gasteiger partial charge in [-0.2, -0.15) is 0 Å². The molecule has 1 aromatic carbocycles. The number of amides is 4. The molecular weight excluding hydrogens is 370 g/mol. The molecule has 3 rings (SSSR count). The minimum absolute atomic E-state index is 0.302. The highest BCUT2D eigenvalue weighted by atomic mass is 35.5. The molecular formula is C19H24ClN3O4. The molecule has 8 heteroatoms. The van der Waals surface area contributed by atoms with Crippen molar-refractivity contribution in [1.29, 1.82) is 0 Å². The van der Waals surface area contributed by atoms with Gasteiger partial charge in [0.25, 0.3) is 5.91 Å². The van der Waals surface area contributed by atoms with E-state index in [0.717, 1.165) is 36.1 Å². The molecule has 7 nitrogen and oxygen atoms in total. The lowest BCUT2D eigenvalue weighted by Crippen LogP contribution is -2.47. The van der Waals surface area contributed by atoms with Crippen LogP contribution in [0, 0.1) is 6.92 Å². The van der Waals surface area contributed by atoms with Gasteiger partial charge in [0.1, 0.15) is 17.8 Å². The monoisotopic (exact) mass is 393 g/mol. The van der Waals surface area contributed by atoms with Crippen LogP contribution >= 0.6 is 11.6 Å². The van der Waals surface area contributed by atoms with Gasteiger partial charge in [0.2, 0.25) is 5.91 Å². The Bertz CT molecular complexity index is 772. The highest BCUT2D eigenvalue weighted by Gasteiger charge is 2.51. The van der Waals surface area contributed by atoms with Crippen LogP contribution in [0.5, 0.6) is 5.75 Å². The molecule has 0 radical (unpaired) electrons. The minimum atomic E-state index is -0.845. The van der Waals surface area contributed by atoms with Crippen LogP contribution in [0.4, 0.5) is 10.5 Å². The standard InChI is InChI=1S/C19H24ClN3O4/c1-12-9-14(15(27-2)10-13(12)20)21-16(24)11-23-17(25)19(22-18(23)26)7-5-3-4-6-8-19/h9-10H,3-8,11H2,1-2H3,(H,21,24)(H,22,26). The zero-order valence-corrected chi connectivity index (χ0v) is 16.3. The van der Waals surface area contributed by atoms with Crippen molar-refractivity contribution in [2.24, 2.45) is 0 Å². The molecule has 1 aromatic rings. The van der Waals surface area contributed by atoms with Crippen LogP contribution < -0.4 is 15.4 Å². The molecule has 0 atom stereocenters. The second-order valence-corrected chi connectivity index (χ2v) is 7.57. The lowest BCUT2D eigenvalue weighted by Gasteiger charge is -2.24. The van der Waals surface area contributed by atoms with Crippen molar-refractivity contribution in [2.75, 3.05) is 19.0 Å². The molecule has 0 aromatic heterocycles. The Kier molecular flexibility index (Phi) is 5.60. The van der Waals surface area contributed by atoms with Gasteiger partial charge in [-0.05, 0) is 31.4 Å². The van der Waals surface area contributed by atoms with Crippen molar-refractivity contribution < 1.29 is 19.1 Å². The number of hydrogen-bond acceptors (Lipinski definition) is 4.